The van der Waals surface area contributed by atoms with Crippen LogP contribution in [0.3, 0.4) is 0 Å². The Hall–Kier alpha value is -3.09. The van der Waals surface area contributed by atoms with Crippen LogP contribution in [0.2, 0.25) is 0 Å². The monoisotopic (exact) mass is 324 g/mol. The average Bonchev–Trinajstić information content (AvgIpc) is 2.96. The van der Waals surface area contributed by atoms with Crippen LogP contribution in [0.4, 0.5) is 0 Å². The molecule has 0 saturated carbocycles. The largest absolute Gasteiger partial charge is 0.442 e. The minimum absolute atomic E-state index is 0.132. The molecule has 0 aliphatic rings. The van der Waals surface area contributed by atoms with E-state index in [0.29, 0.717) is 11.5 Å². The molecule has 0 bridgehead atoms. The van der Waals surface area contributed by atoms with Crippen molar-refractivity contribution in [2.24, 2.45) is 0 Å². The van der Waals surface area contributed by atoms with E-state index >= 15 is 0 Å². The van der Waals surface area contributed by atoms with Crippen LogP contribution in [0.5, 0.6) is 0 Å². The van der Waals surface area contributed by atoms with Gasteiger partial charge in [-0.2, -0.15) is 0 Å². The van der Waals surface area contributed by atoms with E-state index in [-0.39, 0.29) is 24.0 Å². The lowest BCUT2D eigenvalue weighted by Crippen LogP contribution is -2.21. The molecule has 0 N–H and O–H groups in total. The van der Waals surface area contributed by atoms with Crippen molar-refractivity contribution >= 4 is 5.78 Å². The van der Waals surface area contributed by atoms with Gasteiger partial charge in [0.05, 0.1) is 6.54 Å². The van der Waals surface area contributed by atoms with E-state index in [2.05, 4.69) is 33.5 Å². The smallest absolute Gasteiger partial charge is 0.295 e. The SMILES string of the molecule is CC(C)c1ccc(C(=O)Cn2c(-c3ncccn3)noc2=O)cc1. The lowest BCUT2D eigenvalue weighted by atomic mass is 10.0. The molecule has 0 amide bonds. The van der Waals surface area contributed by atoms with E-state index < -0.39 is 5.76 Å². The van der Waals surface area contributed by atoms with Crippen molar-refractivity contribution < 1.29 is 9.32 Å². The van der Waals surface area contributed by atoms with Crippen LogP contribution < -0.4 is 5.76 Å². The van der Waals surface area contributed by atoms with Gasteiger partial charge in [-0.25, -0.2) is 19.3 Å². The molecule has 7 nitrogen and oxygen atoms in total. The van der Waals surface area contributed by atoms with Gasteiger partial charge < -0.3 is 0 Å². The summed E-state index contributed by atoms with van der Waals surface area (Å²) in [6.07, 6.45) is 3.05. The second kappa shape index (κ2) is 6.57. The zero-order valence-electron chi connectivity index (χ0n) is 13.3. The molecule has 0 atom stereocenters. The Morgan fingerprint density at radius 2 is 1.83 bits per heavy atom. The standard InChI is InChI=1S/C17H16N4O3/c1-11(2)12-4-6-13(7-5-12)14(22)10-21-16(20-24-17(21)23)15-18-8-3-9-19-15/h3-9,11H,10H2,1-2H3. The minimum atomic E-state index is -0.718. The molecule has 7 heteroatoms. The molecule has 2 aromatic heterocycles. The molecule has 1 aromatic carbocycles. The van der Waals surface area contributed by atoms with Gasteiger partial charge in [-0.3, -0.25) is 9.32 Å². The first-order valence-corrected chi connectivity index (χ1v) is 7.53. The Kier molecular flexibility index (Phi) is 4.33. The van der Waals surface area contributed by atoms with Gasteiger partial charge in [0.1, 0.15) is 0 Å². The van der Waals surface area contributed by atoms with Crippen LogP contribution in [-0.4, -0.2) is 25.5 Å². The topological polar surface area (TPSA) is 90.9 Å². The number of hydrogen-bond acceptors (Lipinski definition) is 6. The van der Waals surface area contributed by atoms with Crippen molar-refractivity contribution in [3.8, 4) is 11.6 Å². The maximum absolute atomic E-state index is 12.5. The molecule has 24 heavy (non-hydrogen) atoms. The van der Waals surface area contributed by atoms with E-state index in [4.69, 9.17) is 0 Å². The van der Waals surface area contributed by atoms with E-state index in [9.17, 15) is 9.59 Å². The van der Waals surface area contributed by atoms with Gasteiger partial charge in [-0.15, -0.1) is 0 Å². The Morgan fingerprint density at radius 1 is 1.17 bits per heavy atom. The first-order chi connectivity index (χ1) is 11.6. The van der Waals surface area contributed by atoms with E-state index in [0.717, 1.165) is 10.1 Å². The third kappa shape index (κ3) is 3.15. The van der Waals surface area contributed by atoms with Crippen LogP contribution in [-0.2, 0) is 6.54 Å². The maximum atomic E-state index is 12.5. The van der Waals surface area contributed by atoms with E-state index in [1.807, 2.05) is 12.1 Å². The third-order valence-corrected chi connectivity index (χ3v) is 3.65. The van der Waals surface area contributed by atoms with Crippen molar-refractivity contribution in [1.82, 2.24) is 19.7 Å². The second-order valence-corrected chi connectivity index (χ2v) is 5.63. The van der Waals surface area contributed by atoms with Gasteiger partial charge in [0, 0.05) is 18.0 Å². The highest BCUT2D eigenvalue weighted by molar-refractivity contribution is 5.96. The molecule has 122 valence electrons. The summed E-state index contributed by atoms with van der Waals surface area (Å²) in [6, 6.07) is 8.99. The predicted molar refractivity (Wildman–Crippen MR) is 86.7 cm³/mol. The minimum Gasteiger partial charge on any atom is -0.295 e. The quantitative estimate of drug-likeness (QED) is 0.669. The summed E-state index contributed by atoms with van der Waals surface area (Å²) in [6.45, 7) is 3.98. The van der Waals surface area contributed by atoms with Gasteiger partial charge in [-0.1, -0.05) is 43.3 Å². The highest BCUT2D eigenvalue weighted by Crippen LogP contribution is 2.16. The number of aromatic nitrogens is 4. The fraction of sp³-hybridized carbons (Fsp3) is 0.235. The fourth-order valence-corrected chi connectivity index (χ4v) is 2.27. The molecule has 0 fully saturated rings. The predicted octanol–water partition coefficient (Wildman–Crippen LogP) is 2.30. The number of Topliss-reactive ketones (excluding diaryl/α,β-unsaturated/α-hetero) is 1. The molecular weight excluding hydrogens is 308 g/mol. The number of carbonyl (C=O) groups excluding carboxylic acids is 1. The number of hydrogen-bond donors (Lipinski definition) is 0. The molecule has 3 aromatic rings. The summed E-state index contributed by atoms with van der Waals surface area (Å²) < 4.78 is 5.80. The van der Waals surface area contributed by atoms with Gasteiger partial charge >= 0.3 is 5.76 Å². The molecule has 0 radical (unpaired) electrons. The molecule has 0 aliphatic heterocycles. The van der Waals surface area contributed by atoms with Crippen LogP contribution in [0.15, 0.2) is 52.0 Å². The number of carbonyl (C=O) groups is 1. The summed E-state index contributed by atoms with van der Waals surface area (Å²) in [4.78, 5) is 32.4. The zero-order valence-corrected chi connectivity index (χ0v) is 13.3. The summed E-state index contributed by atoms with van der Waals surface area (Å²) in [7, 11) is 0. The van der Waals surface area contributed by atoms with Crippen molar-refractivity contribution in [2.75, 3.05) is 0 Å². The Bertz CT molecular complexity index is 896. The number of nitrogens with zero attached hydrogens (tertiary/aromatic N) is 4. The molecular formula is C17H16N4O3. The average molecular weight is 324 g/mol. The van der Waals surface area contributed by atoms with Crippen LogP contribution >= 0.6 is 0 Å². The fourth-order valence-electron chi connectivity index (χ4n) is 2.27. The molecule has 0 spiro atoms. The van der Waals surface area contributed by atoms with Crippen molar-refractivity contribution in [3.63, 3.8) is 0 Å². The van der Waals surface area contributed by atoms with Crippen molar-refractivity contribution in [2.45, 2.75) is 26.3 Å². The third-order valence-electron chi connectivity index (χ3n) is 3.65. The Morgan fingerprint density at radius 3 is 2.46 bits per heavy atom. The van der Waals surface area contributed by atoms with Gasteiger partial charge in [0.15, 0.2) is 11.6 Å². The van der Waals surface area contributed by atoms with E-state index in [1.54, 1.807) is 18.2 Å². The maximum Gasteiger partial charge on any atom is 0.442 e. The van der Waals surface area contributed by atoms with Crippen molar-refractivity contribution in [1.29, 1.82) is 0 Å². The number of ketones is 1. The summed E-state index contributed by atoms with van der Waals surface area (Å²) >= 11 is 0. The van der Waals surface area contributed by atoms with Crippen LogP contribution in [0.25, 0.3) is 11.6 Å². The van der Waals surface area contributed by atoms with Gasteiger partial charge in [-0.05, 0) is 17.5 Å². The second-order valence-electron chi connectivity index (χ2n) is 5.63. The normalized spacial score (nSPS) is 11.0. The lowest BCUT2D eigenvalue weighted by Gasteiger charge is -2.07. The number of rotatable bonds is 5. The van der Waals surface area contributed by atoms with Gasteiger partial charge in [0.2, 0.25) is 5.82 Å². The van der Waals surface area contributed by atoms with E-state index in [1.165, 1.54) is 12.4 Å². The Balaban J connectivity index is 1.87. The Labute approximate surface area is 138 Å². The van der Waals surface area contributed by atoms with Gasteiger partial charge in [0.25, 0.3) is 0 Å². The van der Waals surface area contributed by atoms with Crippen molar-refractivity contribution in [3.05, 3.63) is 64.4 Å². The highest BCUT2D eigenvalue weighted by Gasteiger charge is 2.18. The number of benzene rings is 1. The molecule has 0 aliphatic carbocycles. The zero-order chi connectivity index (χ0) is 17.1. The highest BCUT2D eigenvalue weighted by atomic mass is 16.5. The first kappa shape index (κ1) is 15.8. The molecule has 3 rings (SSSR count). The summed E-state index contributed by atoms with van der Waals surface area (Å²) in [5, 5.41) is 3.67. The molecule has 0 unspecified atom stereocenters. The summed E-state index contributed by atoms with van der Waals surface area (Å²) in [5.41, 5.74) is 1.67. The van der Waals surface area contributed by atoms with Crippen LogP contribution in [0.1, 0.15) is 35.7 Å². The lowest BCUT2D eigenvalue weighted by molar-refractivity contribution is 0.0969. The first-order valence-electron chi connectivity index (χ1n) is 7.53. The summed E-state index contributed by atoms with van der Waals surface area (Å²) in [5.74, 6) is -0.187. The molecule has 2 heterocycles. The molecule has 0 saturated heterocycles. The van der Waals surface area contributed by atoms with Crippen LogP contribution in [0, 0.1) is 0 Å².